The second kappa shape index (κ2) is 1.40. The van der Waals surface area contributed by atoms with Gasteiger partial charge < -0.3 is 0 Å². The van der Waals surface area contributed by atoms with E-state index in [4.69, 9.17) is 0 Å². The zero-order valence-electron chi connectivity index (χ0n) is 5.50. The van der Waals surface area contributed by atoms with Crippen molar-refractivity contribution < 1.29 is 0 Å². The van der Waals surface area contributed by atoms with Crippen LogP contribution in [-0.2, 0) is 0 Å². The molecule has 1 aliphatic heterocycles. The Hall–Kier alpha value is -0.500. The van der Waals surface area contributed by atoms with Crippen molar-refractivity contribution in [1.82, 2.24) is 0 Å². The van der Waals surface area contributed by atoms with E-state index < -0.39 is 0 Å². The molecule has 1 atom stereocenters. The van der Waals surface area contributed by atoms with Gasteiger partial charge in [0, 0.05) is 11.2 Å². The molecular formula is C8H7NS. The van der Waals surface area contributed by atoms with Crippen molar-refractivity contribution in [3.05, 3.63) is 23.8 Å². The summed E-state index contributed by atoms with van der Waals surface area (Å²) in [6.07, 6.45) is 8.02. The molecule has 0 amide bonds. The van der Waals surface area contributed by atoms with Crippen molar-refractivity contribution in [3.8, 4) is 0 Å². The van der Waals surface area contributed by atoms with Gasteiger partial charge in [0.05, 0.1) is 5.71 Å². The van der Waals surface area contributed by atoms with Crippen molar-refractivity contribution in [2.24, 2.45) is 9.81 Å². The molecule has 0 saturated carbocycles. The maximum absolute atomic E-state index is 4.38. The minimum absolute atomic E-state index is 0.361. The molecule has 0 radical (unpaired) electrons. The lowest BCUT2D eigenvalue weighted by atomic mass is 9.88. The van der Waals surface area contributed by atoms with Crippen molar-refractivity contribution in [3.63, 3.8) is 0 Å². The van der Waals surface area contributed by atoms with E-state index in [9.17, 15) is 0 Å². The molecule has 2 bridgehead atoms. The molecule has 1 heterocycles. The Bertz CT molecular complexity index is 288. The van der Waals surface area contributed by atoms with Gasteiger partial charge in [0.15, 0.2) is 0 Å². The molecule has 50 valence electrons. The topological polar surface area (TPSA) is 12.4 Å². The number of fused-ring (bicyclic) bond motifs is 1. The van der Waals surface area contributed by atoms with Gasteiger partial charge in [-0.3, -0.25) is 0 Å². The summed E-state index contributed by atoms with van der Waals surface area (Å²) in [7, 11) is 0. The Labute approximate surface area is 64.1 Å². The standard InChI is InChI=1S/C8H7NS/c1-2-8-4-6(1)3-7(8)9-10-5-8/h1-3H,4-5H2. The van der Waals surface area contributed by atoms with Crippen LogP contribution in [0.15, 0.2) is 28.2 Å². The minimum Gasteiger partial charge on any atom is -0.220 e. The van der Waals surface area contributed by atoms with E-state index in [1.165, 1.54) is 23.5 Å². The van der Waals surface area contributed by atoms with Crippen molar-refractivity contribution in [2.45, 2.75) is 6.42 Å². The van der Waals surface area contributed by atoms with E-state index >= 15 is 0 Å². The van der Waals surface area contributed by atoms with E-state index in [0.29, 0.717) is 5.41 Å². The van der Waals surface area contributed by atoms with Crippen LogP contribution in [0.1, 0.15) is 6.42 Å². The van der Waals surface area contributed by atoms with Crippen LogP contribution in [0.3, 0.4) is 0 Å². The molecule has 0 aromatic heterocycles. The number of rotatable bonds is 0. The van der Waals surface area contributed by atoms with E-state index in [1.807, 2.05) is 0 Å². The van der Waals surface area contributed by atoms with Gasteiger partial charge >= 0.3 is 0 Å². The average Bonchev–Trinajstić information content (AvgIpc) is 2.48. The van der Waals surface area contributed by atoms with Gasteiger partial charge in [-0.2, -0.15) is 0 Å². The molecule has 1 nitrogen and oxygen atoms in total. The zero-order chi connectivity index (χ0) is 6.60. The predicted molar refractivity (Wildman–Crippen MR) is 44.2 cm³/mol. The highest BCUT2D eigenvalue weighted by atomic mass is 32.2. The van der Waals surface area contributed by atoms with Crippen molar-refractivity contribution in [1.29, 1.82) is 0 Å². The van der Waals surface area contributed by atoms with Crippen LogP contribution in [0, 0.1) is 5.41 Å². The molecule has 0 aromatic carbocycles. The van der Waals surface area contributed by atoms with Gasteiger partial charge in [-0.05, 0) is 30.0 Å². The Balaban J connectivity index is 2.27. The number of hydrogen-bond donors (Lipinski definition) is 0. The van der Waals surface area contributed by atoms with Gasteiger partial charge in [0.25, 0.3) is 0 Å². The SMILES string of the molecule is C1=CC23CSN=C2C=C1C3. The third kappa shape index (κ3) is 0.419. The summed E-state index contributed by atoms with van der Waals surface area (Å²) in [6, 6.07) is 0. The molecule has 3 aliphatic rings. The Morgan fingerprint density at radius 1 is 1.60 bits per heavy atom. The van der Waals surface area contributed by atoms with Crippen molar-refractivity contribution >= 4 is 17.7 Å². The smallest absolute Gasteiger partial charge is 0.0601 e. The number of hydrogen-bond acceptors (Lipinski definition) is 2. The molecule has 0 fully saturated rings. The minimum atomic E-state index is 0.361. The summed E-state index contributed by atoms with van der Waals surface area (Å²) in [4.78, 5) is 0. The highest BCUT2D eigenvalue weighted by Gasteiger charge is 2.44. The highest BCUT2D eigenvalue weighted by Crippen LogP contribution is 2.49. The summed E-state index contributed by atoms with van der Waals surface area (Å²) in [6.45, 7) is 0. The zero-order valence-corrected chi connectivity index (χ0v) is 6.32. The summed E-state index contributed by atoms with van der Waals surface area (Å²) in [5.74, 6) is 1.17. The van der Waals surface area contributed by atoms with Gasteiger partial charge in [-0.15, -0.1) is 0 Å². The summed E-state index contributed by atoms with van der Waals surface area (Å²) < 4.78 is 4.38. The molecule has 2 aliphatic carbocycles. The normalized spacial score (nSPS) is 40.0. The fourth-order valence-corrected chi connectivity index (χ4v) is 2.87. The highest BCUT2D eigenvalue weighted by molar-refractivity contribution is 7.98. The van der Waals surface area contributed by atoms with Crippen LogP contribution in [0.25, 0.3) is 0 Å². The predicted octanol–water partition coefficient (Wildman–Crippen LogP) is 1.98. The van der Waals surface area contributed by atoms with Crippen LogP contribution in [0.5, 0.6) is 0 Å². The van der Waals surface area contributed by atoms with Crippen molar-refractivity contribution in [2.75, 3.05) is 5.75 Å². The van der Waals surface area contributed by atoms with E-state index in [1.54, 1.807) is 11.9 Å². The van der Waals surface area contributed by atoms with Gasteiger partial charge in [-0.25, -0.2) is 4.40 Å². The lowest BCUT2D eigenvalue weighted by Gasteiger charge is -2.15. The second-order valence-corrected chi connectivity index (χ2v) is 3.86. The van der Waals surface area contributed by atoms with Crippen LogP contribution >= 0.6 is 11.9 Å². The second-order valence-electron chi connectivity index (χ2n) is 3.14. The fraction of sp³-hybridized carbons (Fsp3) is 0.375. The van der Waals surface area contributed by atoms with Gasteiger partial charge in [0.2, 0.25) is 0 Å². The molecule has 10 heavy (non-hydrogen) atoms. The molecule has 3 rings (SSSR count). The van der Waals surface area contributed by atoms with E-state index in [2.05, 4.69) is 22.6 Å². The first kappa shape index (κ1) is 5.19. The van der Waals surface area contributed by atoms with Gasteiger partial charge in [-0.1, -0.05) is 12.2 Å². The molecule has 1 unspecified atom stereocenters. The number of allylic oxidation sites excluding steroid dienone is 4. The fourth-order valence-electron chi connectivity index (χ4n) is 1.85. The Kier molecular flexibility index (Phi) is 0.725. The largest absolute Gasteiger partial charge is 0.220 e. The van der Waals surface area contributed by atoms with E-state index in [0.717, 1.165) is 0 Å². The maximum Gasteiger partial charge on any atom is 0.0601 e. The van der Waals surface area contributed by atoms with Crippen LogP contribution in [0.2, 0.25) is 0 Å². The first-order valence-corrected chi connectivity index (χ1v) is 4.44. The molecule has 0 saturated heterocycles. The van der Waals surface area contributed by atoms with Crippen LogP contribution < -0.4 is 0 Å². The quantitative estimate of drug-likeness (QED) is 0.480. The molecule has 1 spiro atoms. The third-order valence-electron chi connectivity index (χ3n) is 2.45. The summed E-state index contributed by atoms with van der Waals surface area (Å²) in [5.41, 5.74) is 3.15. The first-order valence-electron chi connectivity index (χ1n) is 3.49. The molecule has 2 heteroatoms. The molecule has 0 aromatic rings. The third-order valence-corrected chi connectivity index (χ3v) is 3.42. The lowest BCUT2D eigenvalue weighted by molar-refractivity contribution is 0.662. The Morgan fingerprint density at radius 2 is 2.60 bits per heavy atom. The van der Waals surface area contributed by atoms with E-state index in [-0.39, 0.29) is 0 Å². The molecule has 0 N–H and O–H groups in total. The molecular weight excluding hydrogens is 142 g/mol. The van der Waals surface area contributed by atoms with Gasteiger partial charge in [0.1, 0.15) is 0 Å². The summed E-state index contributed by atoms with van der Waals surface area (Å²) in [5, 5.41) is 0. The monoisotopic (exact) mass is 149 g/mol. The summed E-state index contributed by atoms with van der Waals surface area (Å²) >= 11 is 1.71. The first-order chi connectivity index (χ1) is 4.89. The van der Waals surface area contributed by atoms with Crippen LogP contribution in [0.4, 0.5) is 0 Å². The number of nitrogens with zero attached hydrogens (tertiary/aromatic N) is 1. The maximum atomic E-state index is 4.38. The lowest BCUT2D eigenvalue weighted by Crippen LogP contribution is -2.20. The van der Waals surface area contributed by atoms with Crippen LogP contribution in [-0.4, -0.2) is 11.5 Å². The Morgan fingerprint density at radius 3 is 3.40 bits per heavy atom. The average molecular weight is 149 g/mol.